The molecule has 1 amide bonds. The molecule has 0 saturated carbocycles. The summed E-state index contributed by atoms with van der Waals surface area (Å²) in [6.45, 7) is 1.31. The molecular formula is C12H16N4O2S. The Morgan fingerprint density at radius 1 is 1.53 bits per heavy atom. The van der Waals surface area contributed by atoms with Gasteiger partial charge in [-0.2, -0.15) is 11.8 Å². The number of hydrogen-bond acceptors (Lipinski definition) is 5. The highest BCUT2D eigenvalue weighted by molar-refractivity contribution is 7.97. The van der Waals surface area contributed by atoms with Gasteiger partial charge >= 0.3 is 0 Å². The van der Waals surface area contributed by atoms with Crippen LogP contribution < -0.4 is 5.32 Å². The van der Waals surface area contributed by atoms with Crippen LogP contribution in [0.3, 0.4) is 0 Å². The van der Waals surface area contributed by atoms with Crippen molar-refractivity contribution in [1.82, 2.24) is 20.3 Å². The minimum atomic E-state index is -0.175. The van der Waals surface area contributed by atoms with Gasteiger partial charge in [-0.05, 0) is 24.8 Å². The third-order valence-corrected chi connectivity index (χ3v) is 3.07. The summed E-state index contributed by atoms with van der Waals surface area (Å²) >= 11 is 1.66. The van der Waals surface area contributed by atoms with Crippen molar-refractivity contribution in [3.63, 3.8) is 0 Å². The van der Waals surface area contributed by atoms with E-state index in [4.69, 9.17) is 4.42 Å². The fourth-order valence-electron chi connectivity index (χ4n) is 1.60. The molecule has 2 heterocycles. The van der Waals surface area contributed by atoms with Crippen LogP contribution in [0.2, 0.25) is 0 Å². The molecule has 2 aromatic rings. The van der Waals surface area contributed by atoms with Gasteiger partial charge in [-0.25, -0.2) is 0 Å². The van der Waals surface area contributed by atoms with Crippen LogP contribution in [0.15, 0.2) is 28.9 Å². The largest absolute Gasteiger partial charge is 0.455 e. The number of nitrogens with one attached hydrogen (secondary N) is 1. The predicted molar refractivity (Wildman–Crippen MR) is 72.9 cm³/mol. The zero-order valence-corrected chi connectivity index (χ0v) is 11.5. The second-order valence-electron chi connectivity index (χ2n) is 3.97. The molecule has 2 rings (SSSR count). The first-order valence-electron chi connectivity index (χ1n) is 5.99. The summed E-state index contributed by atoms with van der Waals surface area (Å²) in [6.07, 6.45) is 6.22. The van der Waals surface area contributed by atoms with Gasteiger partial charge in [0.05, 0.1) is 11.9 Å². The van der Waals surface area contributed by atoms with E-state index in [0.29, 0.717) is 12.3 Å². The number of amides is 1. The lowest BCUT2D eigenvalue weighted by Crippen LogP contribution is -2.24. The van der Waals surface area contributed by atoms with Crippen LogP contribution in [0.25, 0.3) is 0 Å². The van der Waals surface area contributed by atoms with Crippen LogP contribution in [-0.2, 0) is 12.3 Å². The SMILES string of the molecule is CSCc1ccc(C(=O)NCCCn2ccnn2)o1. The first-order valence-corrected chi connectivity index (χ1v) is 7.39. The highest BCUT2D eigenvalue weighted by Gasteiger charge is 2.10. The number of rotatable bonds is 7. The van der Waals surface area contributed by atoms with Crippen molar-refractivity contribution in [3.05, 3.63) is 36.0 Å². The molecule has 0 fully saturated rings. The Balaban J connectivity index is 1.71. The number of carbonyl (C=O) groups is 1. The molecule has 0 atom stereocenters. The van der Waals surface area contributed by atoms with E-state index in [1.807, 2.05) is 12.3 Å². The monoisotopic (exact) mass is 280 g/mol. The summed E-state index contributed by atoms with van der Waals surface area (Å²) in [5.41, 5.74) is 0. The molecule has 102 valence electrons. The number of furan rings is 1. The smallest absolute Gasteiger partial charge is 0.286 e. The lowest BCUT2D eigenvalue weighted by molar-refractivity contribution is 0.0923. The van der Waals surface area contributed by atoms with E-state index >= 15 is 0 Å². The van der Waals surface area contributed by atoms with Crippen molar-refractivity contribution >= 4 is 17.7 Å². The van der Waals surface area contributed by atoms with Gasteiger partial charge in [0.1, 0.15) is 5.76 Å². The number of thioether (sulfide) groups is 1. The molecule has 2 aromatic heterocycles. The Hall–Kier alpha value is -1.76. The summed E-state index contributed by atoms with van der Waals surface area (Å²) in [5.74, 6) is 1.79. The number of nitrogens with zero attached hydrogens (tertiary/aromatic N) is 3. The molecule has 6 nitrogen and oxygen atoms in total. The predicted octanol–water partition coefficient (Wildman–Crippen LogP) is 1.55. The lowest BCUT2D eigenvalue weighted by atomic mass is 10.4. The van der Waals surface area contributed by atoms with Crippen molar-refractivity contribution in [2.24, 2.45) is 0 Å². The van der Waals surface area contributed by atoms with Crippen LogP contribution in [0.4, 0.5) is 0 Å². The van der Waals surface area contributed by atoms with E-state index < -0.39 is 0 Å². The van der Waals surface area contributed by atoms with Crippen LogP contribution >= 0.6 is 11.8 Å². The number of carbonyl (C=O) groups excluding carboxylic acids is 1. The third kappa shape index (κ3) is 4.13. The standard InChI is InChI=1S/C12H16N4O2S/c1-19-9-10-3-4-11(18-10)12(17)13-5-2-7-16-8-6-14-15-16/h3-4,6,8H,2,5,7,9H2,1H3,(H,13,17). The Morgan fingerprint density at radius 2 is 2.42 bits per heavy atom. The number of aryl methyl sites for hydroxylation is 1. The molecule has 0 bridgehead atoms. The second-order valence-corrected chi connectivity index (χ2v) is 4.84. The van der Waals surface area contributed by atoms with Crippen LogP contribution in [0.5, 0.6) is 0 Å². The van der Waals surface area contributed by atoms with Crippen LogP contribution in [0.1, 0.15) is 22.7 Å². The summed E-state index contributed by atoms with van der Waals surface area (Å²) < 4.78 is 7.16. The van der Waals surface area contributed by atoms with Gasteiger partial charge in [-0.15, -0.1) is 5.10 Å². The summed E-state index contributed by atoms with van der Waals surface area (Å²) in [7, 11) is 0. The van der Waals surface area contributed by atoms with E-state index in [2.05, 4.69) is 15.6 Å². The van der Waals surface area contributed by atoms with E-state index in [0.717, 1.165) is 24.5 Å². The van der Waals surface area contributed by atoms with Crippen molar-refractivity contribution < 1.29 is 9.21 Å². The molecule has 0 aliphatic rings. The molecule has 0 radical (unpaired) electrons. The maximum Gasteiger partial charge on any atom is 0.286 e. The van der Waals surface area contributed by atoms with Gasteiger partial charge in [0.25, 0.3) is 5.91 Å². The molecule has 1 N–H and O–H groups in total. The van der Waals surface area contributed by atoms with E-state index in [1.165, 1.54) is 0 Å². The lowest BCUT2D eigenvalue weighted by Gasteiger charge is -2.03. The molecule has 0 unspecified atom stereocenters. The molecule has 0 spiro atoms. The van der Waals surface area contributed by atoms with E-state index in [1.54, 1.807) is 34.9 Å². The Morgan fingerprint density at radius 3 is 3.16 bits per heavy atom. The Labute approximate surface area is 115 Å². The molecule has 19 heavy (non-hydrogen) atoms. The van der Waals surface area contributed by atoms with Gasteiger partial charge in [-0.3, -0.25) is 9.48 Å². The van der Waals surface area contributed by atoms with Gasteiger partial charge < -0.3 is 9.73 Å². The van der Waals surface area contributed by atoms with Crippen LogP contribution in [-0.4, -0.2) is 33.7 Å². The Kier molecular flexibility index (Phi) is 5.02. The van der Waals surface area contributed by atoms with Crippen molar-refractivity contribution in [3.8, 4) is 0 Å². The summed E-state index contributed by atoms with van der Waals surface area (Å²) in [6, 6.07) is 3.54. The topological polar surface area (TPSA) is 73.0 Å². The highest BCUT2D eigenvalue weighted by Crippen LogP contribution is 2.13. The normalized spacial score (nSPS) is 10.6. The molecule has 0 aliphatic carbocycles. The van der Waals surface area contributed by atoms with Crippen molar-refractivity contribution in [2.45, 2.75) is 18.7 Å². The van der Waals surface area contributed by atoms with Gasteiger partial charge in [0.2, 0.25) is 0 Å². The zero-order chi connectivity index (χ0) is 13.5. The van der Waals surface area contributed by atoms with Crippen molar-refractivity contribution in [2.75, 3.05) is 12.8 Å². The minimum Gasteiger partial charge on any atom is -0.455 e. The summed E-state index contributed by atoms with van der Waals surface area (Å²) in [5, 5.41) is 10.4. The quantitative estimate of drug-likeness (QED) is 0.779. The highest BCUT2D eigenvalue weighted by atomic mass is 32.2. The second kappa shape index (κ2) is 6.98. The fraction of sp³-hybridized carbons (Fsp3) is 0.417. The van der Waals surface area contributed by atoms with Crippen LogP contribution in [0, 0.1) is 0 Å². The number of hydrogen-bond donors (Lipinski definition) is 1. The molecule has 0 aromatic carbocycles. The first kappa shape index (κ1) is 13.7. The maximum absolute atomic E-state index is 11.8. The fourth-order valence-corrected chi connectivity index (χ4v) is 2.04. The van der Waals surface area contributed by atoms with Gasteiger partial charge in [0, 0.05) is 19.3 Å². The molecule has 7 heteroatoms. The molecular weight excluding hydrogens is 264 g/mol. The van der Waals surface area contributed by atoms with E-state index in [9.17, 15) is 4.79 Å². The first-order chi connectivity index (χ1) is 9.29. The van der Waals surface area contributed by atoms with Gasteiger partial charge in [-0.1, -0.05) is 5.21 Å². The Bertz CT molecular complexity index is 510. The van der Waals surface area contributed by atoms with Crippen molar-refractivity contribution in [1.29, 1.82) is 0 Å². The average molecular weight is 280 g/mol. The third-order valence-electron chi connectivity index (χ3n) is 2.49. The summed E-state index contributed by atoms with van der Waals surface area (Å²) in [4.78, 5) is 11.8. The number of aromatic nitrogens is 3. The molecule has 0 aliphatic heterocycles. The zero-order valence-electron chi connectivity index (χ0n) is 10.7. The minimum absolute atomic E-state index is 0.175. The molecule has 0 saturated heterocycles. The van der Waals surface area contributed by atoms with Gasteiger partial charge in [0.15, 0.2) is 5.76 Å². The average Bonchev–Trinajstić information content (AvgIpc) is 3.06. The maximum atomic E-state index is 11.8. The van der Waals surface area contributed by atoms with E-state index in [-0.39, 0.29) is 5.91 Å².